The molecule has 0 amide bonds. The van der Waals surface area contributed by atoms with E-state index >= 15 is 0 Å². The first-order chi connectivity index (χ1) is 20.1. The molecule has 0 aliphatic rings. The van der Waals surface area contributed by atoms with E-state index in [1.807, 2.05) is 6.92 Å². The van der Waals surface area contributed by atoms with Gasteiger partial charge in [-0.2, -0.15) is 0 Å². The van der Waals surface area contributed by atoms with Gasteiger partial charge in [0.25, 0.3) is 0 Å². The Kier molecular flexibility index (Phi) is 32.1. The molecule has 1 N–H and O–H groups in total. The molecule has 0 fully saturated rings. The summed E-state index contributed by atoms with van der Waals surface area (Å²) in [5.41, 5.74) is 0. The van der Waals surface area contributed by atoms with Crippen molar-refractivity contribution in [3.05, 3.63) is 12.2 Å². The Balaban J connectivity index is 3.32. The summed E-state index contributed by atoms with van der Waals surface area (Å²) < 4.78 is 5.03. The second kappa shape index (κ2) is 33.2. The van der Waals surface area contributed by atoms with Crippen LogP contribution in [0.1, 0.15) is 200 Å². The highest BCUT2D eigenvalue weighted by Crippen LogP contribution is 2.18. The summed E-state index contributed by atoms with van der Waals surface area (Å²) in [4.78, 5) is 23.1. The molecule has 0 spiro atoms. The number of hydrogen-bond donors (Lipinski definition) is 1. The molecular weight excluding hydrogens is 508 g/mol. The number of esters is 1. The molecule has 0 radical (unpaired) electrons. The van der Waals surface area contributed by atoms with Gasteiger partial charge in [0.2, 0.25) is 0 Å². The van der Waals surface area contributed by atoms with E-state index in [0.29, 0.717) is 13.0 Å². The molecular formula is C37H70O4. The van der Waals surface area contributed by atoms with Crippen molar-refractivity contribution in [2.45, 2.75) is 200 Å². The van der Waals surface area contributed by atoms with Gasteiger partial charge in [-0.15, -0.1) is 0 Å². The number of carboxylic acids is 1. The minimum atomic E-state index is -0.877. The molecule has 0 aromatic rings. The van der Waals surface area contributed by atoms with Crippen molar-refractivity contribution >= 4 is 11.9 Å². The maximum absolute atomic E-state index is 11.7. The van der Waals surface area contributed by atoms with Gasteiger partial charge >= 0.3 is 11.9 Å². The first-order valence-electron chi connectivity index (χ1n) is 18.1. The standard InChI is InChI=1S/C37H70O4/c1-3-5-6-7-8-9-10-11-12-13-14-15-16-17-18-19-20-21-22-23-24-25-26-27-28-29-30-31-32-35(37(39)40)34-36(38)41-33-4-2/h21-22,35H,3-20,23-34H2,1-2H3,(H,39,40)/b22-21+. The van der Waals surface area contributed by atoms with Gasteiger partial charge in [0.15, 0.2) is 0 Å². The van der Waals surface area contributed by atoms with Crippen LogP contribution in [0.5, 0.6) is 0 Å². The zero-order chi connectivity index (χ0) is 30.1. The Bertz CT molecular complexity index is 585. The molecule has 0 aliphatic carbocycles. The fourth-order valence-electron chi connectivity index (χ4n) is 5.55. The van der Waals surface area contributed by atoms with E-state index in [1.165, 1.54) is 148 Å². The van der Waals surface area contributed by atoms with Crippen LogP contribution in [0.25, 0.3) is 0 Å². The highest BCUT2D eigenvalue weighted by atomic mass is 16.5. The van der Waals surface area contributed by atoms with Gasteiger partial charge in [0.05, 0.1) is 18.9 Å². The van der Waals surface area contributed by atoms with E-state index in [1.54, 1.807) is 0 Å². The SMILES string of the molecule is CCCCCCCCCCCCCCCCCC/C=C/CCCCCCCCCCC(CC(=O)OCCC)C(=O)O. The lowest BCUT2D eigenvalue weighted by Crippen LogP contribution is -2.19. The third-order valence-corrected chi connectivity index (χ3v) is 8.29. The Morgan fingerprint density at radius 1 is 0.537 bits per heavy atom. The molecule has 0 rings (SSSR count). The first kappa shape index (κ1) is 39.7. The second-order valence-corrected chi connectivity index (χ2v) is 12.4. The summed E-state index contributed by atoms with van der Waals surface area (Å²) in [6, 6.07) is 0. The predicted octanol–water partition coefficient (Wildman–Crippen LogP) is 12.1. The Labute approximate surface area is 255 Å². The van der Waals surface area contributed by atoms with Crippen LogP contribution in [0.4, 0.5) is 0 Å². The largest absolute Gasteiger partial charge is 0.481 e. The number of carboxylic acid groups (broad SMARTS) is 1. The number of allylic oxidation sites excluding steroid dienone is 2. The zero-order valence-corrected chi connectivity index (χ0v) is 27.6. The third-order valence-electron chi connectivity index (χ3n) is 8.29. The van der Waals surface area contributed by atoms with E-state index in [9.17, 15) is 14.7 Å². The summed E-state index contributed by atoms with van der Waals surface area (Å²) in [6.45, 7) is 4.60. The third kappa shape index (κ3) is 31.4. The second-order valence-electron chi connectivity index (χ2n) is 12.4. The molecule has 1 unspecified atom stereocenters. The van der Waals surface area contributed by atoms with E-state index in [0.717, 1.165) is 25.7 Å². The van der Waals surface area contributed by atoms with Crippen LogP contribution in [0, 0.1) is 5.92 Å². The smallest absolute Gasteiger partial charge is 0.307 e. The van der Waals surface area contributed by atoms with E-state index < -0.39 is 11.9 Å². The number of hydrogen-bond acceptors (Lipinski definition) is 3. The molecule has 0 aromatic carbocycles. The van der Waals surface area contributed by atoms with Gasteiger partial charge in [-0.1, -0.05) is 167 Å². The van der Waals surface area contributed by atoms with Gasteiger partial charge in [0, 0.05) is 0 Å². The fraction of sp³-hybridized carbons (Fsp3) is 0.892. The van der Waals surface area contributed by atoms with Crippen molar-refractivity contribution in [1.29, 1.82) is 0 Å². The van der Waals surface area contributed by atoms with Crippen LogP contribution in [0.2, 0.25) is 0 Å². The highest BCUT2D eigenvalue weighted by Gasteiger charge is 2.21. The maximum atomic E-state index is 11.7. The number of carbonyl (C=O) groups excluding carboxylic acids is 1. The number of rotatable bonds is 33. The monoisotopic (exact) mass is 579 g/mol. The molecule has 4 nitrogen and oxygen atoms in total. The molecule has 41 heavy (non-hydrogen) atoms. The lowest BCUT2D eigenvalue weighted by Gasteiger charge is -2.11. The van der Waals surface area contributed by atoms with E-state index in [2.05, 4.69) is 19.1 Å². The minimum absolute atomic E-state index is 0.00326. The number of aliphatic carboxylic acids is 1. The summed E-state index contributed by atoms with van der Waals surface area (Å²) in [7, 11) is 0. The first-order valence-corrected chi connectivity index (χ1v) is 18.1. The summed E-state index contributed by atoms with van der Waals surface area (Å²) in [5, 5.41) is 9.34. The number of unbranched alkanes of at least 4 members (excludes halogenated alkanes) is 24. The van der Waals surface area contributed by atoms with Crippen LogP contribution in [0.15, 0.2) is 12.2 Å². The Morgan fingerprint density at radius 3 is 1.27 bits per heavy atom. The van der Waals surface area contributed by atoms with E-state index in [4.69, 9.17) is 4.74 Å². The fourth-order valence-corrected chi connectivity index (χ4v) is 5.55. The van der Waals surface area contributed by atoms with Crippen LogP contribution in [0.3, 0.4) is 0 Å². The molecule has 4 heteroatoms. The zero-order valence-electron chi connectivity index (χ0n) is 27.6. The van der Waals surface area contributed by atoms with E-state index in [-0.39, 0.29) is 12.4 Å². The summed E-state index contributed by atoms with van der Waals surface area (Å²) in [6.07, 6.45) is 41.0. The van der Waals surface area contributed by atoms with Crippen LogP contribution in [-0.2, 0) is 14.3 Å². The van der Waals surface area contributed by atoms with Gasteiger partial charge < -0.3 is 9.84 Å². The lowest BCUT2D eigenvalue weighted by atomic mass is 9.97. The van der Waals surface area contributed by atoms with Crippen LogP contribution in [-0.4, -0.2) is 23.7 Å². The van der Waals surface area contributed by atoms with Crippen LogP contribution < -0.4 is 0 Å². The Morgan fingerprint density at radius 2 is 0.902 bits per heavy atom. The topological polar surface area (TPSA) is 63.6 Å². The normalized spacial score (nSPS) is 12.2. The molecule has 0 aromatic heterocycles. The van der Waals surface area contributed by atoms with Crippen molar-refractivity contribution in [1.82, 2.24) is 0 Å². The van der Waals surface area contributed by atoms with Crippen molar-refractivity contribution in [3.63, 3.8) is 0 Å². The Hall–Kier alpha value is -1.32. The molecule has 242 valence electrons. The quantitative estimate of drug-likeness (QED) is 0.0478. The number of carbonyl (C=O) groups is 2. The average Bonchev–Trinajstić information content (AvgIpc) is 2.96. The average molecular weight is 579 g/mol. The summed E-state index contributed by atoms with van der Waals surface area (Å²) in [5.74, 6) is -1.86. The van der Waals surface area contributed by atoms with Gasteiger partial charge in [0.1, 0.15) is 0 Å². The molecule has 0 bridgehead atoms. The van der Waals surface area contributed by atoms with Crippen LogP contribution >= 0.6 is 0 Å². The van der Waals surface area contributed by atoms with Gasteiger partial charge in [-0.05, 0) is 38.5 Å². The number of ether oxygens (including phenoxy) is 1. The maximum Gasteiger partial charge on any atom is 0.307 e. The van der Waals surface area contributed by atoms with Gasteiger partial charge in [-0.25, -0.2) is 0 Å². The highest BCUT2D eigenvalue weighted by molar-refractivity contribution is 5.78. The van der Waals surface area contributed by atoms with Crippen molar-refractivity contribution in [2.75, 3.05) is 6.61 Å². The lowest BCUT2D eigenvalue weighted by molar-refractivity contribution is -0.151. The van der Waals surface area contributed by atoms with Gasteiger partial charge in [-0.3, -0.25) is 9.59 Å². The van der Waals surface area contributed by atoms with Crippen molar-refractivity contribution in [2.24, 2.45) is 5.92 Å². The molecule has 0 aliphatic heterocycles. The molecule has 0 saturated heterocycles. The molecule has 0 saturated carbocycles. The van der Waals surface area contributed by atoms with Crippen molar-refractivity contribution < 1.29 is 19.4 Å². The van der Waals surface area contributed by atoms with Crippen molar-refractivity contribution in [3.8, 4) is 0 Å². The predicted molar refractivity (Wildman–Crippen MR) is 176 cm³/mol. The summed E-state index contributed by atoms with van der Waals surface area (Å²) >= 11 is 0. The minimum Gasteiger partial charge on any atom is -0.481 e. The molecule has 1 atom stereocenters. The molecule has 0 heterocycles.